The van der Waals surface area contributed by atoms with E-state index < -0.39 is 0 Å². The van der Waals surface area contributed by atoms with E-state index in [4.69, 9.17) is 0 Å². The second-order valence-corrected chi connectivity index (χ2v) is 8.00. The summed E-state index contributed by atoms with van der Waals surface area (Å²) in [5, 5.41) is 11.8. The van der Waals surface area contributed by atoms with Crippen molar-refractivity contribution in [2.45, 2.75) is 5.03 Å². The summed E-state index contributed by atoms with van der Waals surface area (Å²) >= 11 is 1.50. The van der Waals surface area contributed by atoms with Crippen LogP contribution in [0.4, 0.5) is 0 Å². The molecule has 0 N–H and O–H groups in total. The maximum Gasteiger partial charge on any atom is 0.261 e. The largest absolute Gasteiger partial charge is 0.273 e. The fraction of sp³-hybridized carbons (Fsp3) is 0.0833. The summed E-state index contributed by atoms with van der Waals surface area (Å²) < 4.78 is 0. The zero-order chi connectivity index (χ0) is 20.5. The van der Waals surface area contributed by atoms with Gasteiger partial charge in [-0.1, -0.05) is 66.7 Å². The van der Waals surface area contributed by atoms with Gasteiger partial charge in [0.25, 0.3) is 11.8 Å². The van der Waals surface area contributed by atoms with Gasteiger partial charge in [0.15, 0.2) is 0 Å². The van der Waals surface area contributed by atoms with Gasteiger partial charge in [0.1, 0.15) is 10.7 Å². The van der Waals surface area contributed by atoms with Crippen LogP contribution in [0, 0.1) is 0 Å². The van der Waals surface area contributed by atoms with E-state index in [0.29, 0.717) is 23.4 Å². The Morgan fingerprint density at radius 2 is 1.30 bits per heavy atom. The number of amides is 2. The highest BCUT2D eigenvalue weighted by Crippen LogP contribution is 2.32. The Morgan fingerprint density at radius 3 is 2.00 bits per heavy atom. The first kappa shape index (κ1) is 18.5. The summed E-state index contributed by atoms with van der Waals surface area (Å²) in [6.45, 7) is 0.327. The van der Waals surface area contributed by atoms with Crippen molar-refractivity contribution in [2.24, 2.45) is 0 Å². The zero-order valence-electron chi connectivity index (χ0n) is 16.0. The van der Waals surface area contributed by atoms with Gasteiger partial charge in [-0.05, 0) is 12.1 Å². The minimum atomic E-state index is -0.230. The van der Waals surface area contributed by atoms with E-state index in [1.165, 1.54) is 16.7 Å². The van der Waals surface area contributed by atoms with E-state index in [1.807, 2.05) is 54.6 Å². The van der Waals surface area contributed by atoms with Gasteiger partial charge in [0, 0.05) is 28.6 Å². The van der Waals surface area contributed by atoms with Gasteiger partial charge in [-0.15, -0.1) is 22.0 Å². The molecule has 0 aliphatic carbocycles. The molecule has 0 bridgehead atoms. The average molecular weight is 411 g/mol. The van der Waals surface area contributed by atoms with Crippen molar-refractivity contribution in [3.63, 3.8) is 0 Å². The molecule has 0 spiro atoms. The Morgan fingerprint density at radius 1 is 0.700 bits per heavy atom. The maximum atomic E-state index is 12.5. The lowest BCUT2D eigenvalue weighted by molar-refractivity contribution is 0.0664. The standard InChI is InChI=1S/C24H17N3O2S/c28-23-19-12-6-7-13-20(19)24(29)27(23)14-15-30-22-18-11-5-4-10-17(18)21(25-26-22)16-8-2-1-3-9-16/h1-13H,14-15H2. The molecule has 5 rings (SSSR count). The van der Waals surface area contributed by atoms with E-state index in [2.05, 4.69) is 10.2 Å². The summed E-state index contributed by atoms with van der Waals surface area (Å²) in [4.78, 5) is 26.4. The number of hydrogen-bond acceptors (Lipinski definition) is 5. The zero-order valence-corrected chi connectivity index (χ0v) is 16.8. The molecule has 4 aromatic rings. The van der Waals surface area contributed by atoms with Crippen LogP contribution in [0.15, 0.2) is 83.9 Å². The number of carbonyl (C=O) groups excluding carboxylic acids is 2. The second kappa shape index (κ2) is 7.72. The van der Waals surface area contributed by atoms with Crippen LogP contribution in [0.5, 0.6) is 0 Å². The molecular formula is C24H17N3O2S. The van der Waals surface area contributed by atoms with Crippen molar-refractivity contribution in [3.8, 4) is 11.3 Å². The molecule has 146 valence electrons. The molecule has 1 aliphatic rings. The Balaban J connectivity index is 1.37. The number of fused-ring (bicyclic) bond motifs is 2. The monoisotopic (exact) mass is 411 g/mol. The first-order chi connectivity index (χ1) is 14.7. The van der Waals surface area contributed by atoms with Gasteiger partial charge in [-0.3, -0.25) is 14.5 Å². The Bertz CT molecular complexity index is 1240. The lowest BCUT2D eigenvalue weighted by Gasteiger charge is -2.14. The fourth-order valence-corrected chi connectivity index (χ4v) is 4.57. The Kier molecular flexibility index (Phi) is 4.77. The van der Waals surface area contributed by atoms with E-state index in [-0.39, 0.29) is 11.8 Å². The summed E-state index contributed by atoms with van der Waals surface area (Å²) in [7, 11) is 0. The molecule has 1 aromatic heterocycles. The van der Waals surface area contributed by atoms with Crippen molar-refractivity contribution in [1.29, 1.82) is 0 Å². The quantitative estimate of drug-likeness (QED) is 0.352. The van der Waals surface area contributed by atoms with Crippen LogP contribution in [0.25, 0.3) is 22.0 Å². The summed E-state index contributed by atoms with van der Waals surface area (Å²) in [6, 6.07) is 25.0. The molecule has 2 heterocycles. The van der Waals surface area contributed by atoms with Crippen LogP contribution < -0.4 is 0 Å². The topological polar surface area (TPSA) is 63.2 Å². The molecule has 0 saturated carbocycles. The molecule has 6 heteroatoms. The number of rotatable bonds is 5. The van der Waals surface area contributed by atoms with E-state index in [1.54, 1.807) is 24.3 Å². The first-order valence-electron chi connectivity index (χ1n) is 9.63. The minimum Gasteiger partial charge on any atom is -0.273 e. The molecular weight excluding hydrogens is 394 g/mol. The normalized spacial score (nSPS) is 13.1. The van der Waals surface area contributed by atoms with Gasteiger partial charge in [0.05, 0.1) is 11.1 Å². The SMILES string of the molecule is O=C1c2ccccc2C(=O)N1CCSc1nnc(-c2ccccc2)c2ccccc12. The van der Waals surface area contributed by atoms with Crippen molar-refractivity contribution < 1.29 is 9.59 Å². The highest BCUT2D eigenvalue weighted by molar-refractivity contribution is 7.99. The second-order valence-electron chi connectivity index (χ2n) is 6.92. The molecule has 1 aliphatic heterocycles. The van der Waals surface area contributed by atoms with Crippen LogP contribution in [0.2, 0.25) is 0 Å². The number of thioether (sulfide) groups is 1. The van der Waals surface area contributed by atoms with Crippen molar-refractivity contribution >= 4 is 34.3 Å². The molecule has 5 nitrogen and oxygen atoms in total. The van der Waals surface area contributed by atoms with E-state index >= 15 is 0 Å². The molecule has 3 aromatic carbocycles. The molecule has 0 saturated heterocycles. The summed E-state index contributed by atoms with van der Waals surface area (Å²) in [5.74, 6) is 0.0904. The third-order valence-corrected chi connectivity index (χ3v) is 6.09. The molecule has 0 unspecified atom stereocenters. The number of hydrogen-bond donors (Lipinski definition) is 0. The van der Waals surface area contributed by atoms with Crippen LogP contribution in [-0.2, 0) is 0 Å². The third kappa shape index (κ3) is 3.15. The van der Waals surface area contributed by atoms with Gasteiger partial charge in [-0.2, -0.15) is 0 Å². The number of aromatic nitrogens is 2. The molecule has 2 amide bonds. The molecule has 30 heavy (non-hydrogen) atoms. The van der Waals surface area contributed by atoms with Gasteiger partial charge >= 0.3 is 0 Å². The Labute approximate surface area is 177 Å². The number of benzene rings is 3. The molecule has 0 atom stereocenters. The fourth-order valence-electron chi connectivity index (χ4n) is 3.67. The van der Waals surface area contributed by atoms with E-state index in [0.717, 1.165) is 27.1 Å². The minimum absolute atomic E-state index is 0.230. The van der Waals surface area contributed by atoms with E-state index in [9.17, 15) is 9.59 Å². The van der Waals surface area contributed by atoms with Crippen molar-refractivity contribution in [3.05, 3.63) is 90.0 Å². The van der Waals surface area contributed by atoms with Crippen molar-refractivity contribution in [1.82, 2.24) is 15.1 Å². The molecule has 0 fully saturated rings. The lowest BCUT2D eigenvalue weighted by atomic mass is 10.1. The third-order valence-electron chi connectivity index (χ3n) is 5.13. The average Bonchev–Trinajstić information content (AvgIpc) is 3.05. The summed E-state index contributed by atoms with van der Waals surface area (Å²) in [6.07, 6.45) is 0. The first-order valence-corrected chi connectivity index (χ1v) is 10.6. The van der Waals surface area contributed by atoms with Gasteiger partial charge < -0.3 is 0 Å². The van der Waals surface area contributed by atoms with Crippen LogP contribution in [0.3, 0.4) is 0 Å². The lowest BCUT2D eigenvalue weighted by Crippen LogP contribution is -2.31. The van der Waals surface area contributed by atoms with Crippen LogP contribution in [-0.4, -0.2) is 39.2 Å². The highest BCUT2D eigenvalue weighted by atomic mass is 32.2. The predicted octanol–water partition coefficient (Wildman–Crippen LogP) is 4.69. The van der Waals surface area contributed by atoms with Crippen molar-refractivity contribution in [2.75, 3.05) is 12.3 Å². The number of nitrogens with zero attached hydrogens (tertiary/aromatic N) is 3. The maximum absolute atomic E-state index is 12.5. The number of carbonyl (C=O) groups is 2. The van der Waals surface area contributed by atoms with Crippen LogP contribution >= 0.6 is 11.8 Å². The van der Waals surface area contributed by atoms with Gasteiger partial charge in [-0.25, -0.2) is 0 Å². The predicted molar refractivity (Wildman–Crippen MR) is 118 cm³/mol. The Hall–Kier alpha value is -3.51. The summed E-state index contributed by atoms with van der Waals surface area (Å²) in [5.41, 5.74) is 2.81. The molecule has 0 radical (unpaired) electrons. The number of imide groups is 1. The smallest absolute Gasteiger partial charge is 0.261 e. The van der Waals surface area contributed by atoms with Crippen LogP contribution in [0.1, 0.15) is 20.7 Å². The highest BCUT2D eigenvalue weighted by Gasteiger charge is 2.34. The van der Waals surface area contributed by atoms with Gasteiger partial charge in [0.2, 0.25) is 0 Å².